The minimum atomic E-state index is -0.962. The summed E-state index contributed by atoms with van der Waals surface area (Å²) in [6.07, 6.45) is 3.56. The molecule has 0 atom stereocenters. The summed E-state index contributed by atoms with van der Waals surface area (Å²) in [5.74, 6) is 0.151. The number of hydrogen-bond donors (Lipinski definition) is 1. The molecule has 1 saturated heterocycles. The molecule has 1 fully saturated rings. The van der Waals surface area contributed by atoms with E-state index in [9.17, 15) is 4.79 Å². The van der Waals surface area contributed by atoms with Crippen molar-refractivity contribution in [1.82, 2.24) is 4.90 Å². The SMILES string of the molecule is CCOc1cc(C(=O)O)ccc1OCCCN1CCCC1. The molecule has 1 N–H and O–H groups in total. The Bertz CT molecular complexity index is 469. The van der Waals surface area contributed by atoms with E-state index in [-0.39, 0.29) is 5.56 Å². The van der Waals surface area contributed by atoms with E-state index >= 15 is 0 Å². The first-order valence-corrected chi connectivity index (χ1v) is 7.56. The lowest BCUT2D eigenvalue weighted by Gasteiger charge is -2.16. The number of benzene rings is 1. The van der Waals surface area contributed by atoms with Crippen LogP contribution < -0.4 is 9.47 Å². The van der Waals surface area contributed by atoms with Crippen molar-refractivity contribution in [1.29, 1.82) is 0 Å². The molecule has 1 heterocycles. The zero-order valence-corrected chi connectivity index (χ0v) is 12.5. The van der Waals surface area contributed by atoms with Gasteiger partial charge in [0.25, 0.3) is 0 Å². The molecule has 1 aliphatic rings. The van der Waals surface area contributed by atoms with Crippen LogP contribution in [0.5, 0.6) is 11.5 Å². The molecule has 5 nitrogen and oxygen atoms in total. The van der Waals surface area contributed by atoms with Crippen LogP contribution in [0.25, 0.3) is 0 Å². The normalized spacial score (nSPS) is 15.1. The first-order chi connectivity index (χ1) is 10.2. The number of carboxylic acid groups (broad SMARTS) is 1. The Hall–Kier alpha value is -1.75. The lowest BCUT2D eigenvalue weighted by atomic mass is 10.2. The van der Waals surface area contributed by atoms with E-state index in [1.54, 1.807) is 12.1 Å². The topological polar surface area (TPSA) is 59.0 Å². The van der Waals surface area contributed by atoms with E-state index in [2.05, 4.69) is 4.90 Å². The standard InChI is InChI=1S/C16H23NO4/c1-2-20-15-12-13(16(18)19)6-7-14(15)21-11-5-10-17-8-3-4-9-17/h6-7,12H,2-5,8-11H2,1H3,(H,18,19). The predicted molar refractivity (Wildman–Crippen MR) is 80.4 cm³/mol. The van der Waals surface area contributed by atoms with Crippen LogP contribution >= 0.6 is 0 Å². The van der Waals surface area contributed by atoms with E-state index in [4.69, 9.17) is 14.6 Å². The molecule has 0 spiro atoms. The third-order valence-electron chi connectivity index (χ3n) is 3.57. The van der Waals surface area contributed by atoms with Gasteiger partial charge in [-0.25, -0.2) is 4.79 Å². The highest BCUT2D eigenvalue weighted by Gasteiger charge is 2.12. The van der Waals surface area contributed by atoms with Crippen LogP contribution in [0.1, 0.15) is 36.5 Å². The van der Waals surface area contributed by atoms with Gasteiger partial charge in [-0.05, 0) is 57.5 Å². The number of aromatic carboxylic acids is 1. The van der Waals surface area contributed by atoms with Crippen LogP contribution in [-0.2, 0) is 0 Å². The van der Waals surface area contributed by atoms with Crippen molar-refractivity contribution in [3.05, 3.63) is 23.8 Å². The maximum absolute atomic E-state index is 11.0. The van der Waals surface area contributed by atoms with Gasteiger partial charge in [-0.3, -0.25) is 0 Å². The Kier molecular flexibility index (Phi) is 5.87. The summed E-state index contributed by atoms with van der Waals surface area (Å²) in [6, 6.07) is 4.73. The van der Waals surface area contributed by atoms with Crippen LogP contribution in [0, 0.1) is 0 Å². The van der Waals surface area contributed by atoms with Crippen LogP contribution in [0.4, 0.5) is 0 Å². The summed E-state index contributed by atoms with van der Waals surface area (Å²) in [5, 5.41) is 9.00. The second kappa shape index (κ2) is 7.88. The lowest BCUT2D eigenvalue weighted by molar-refractivity contribution is 0.0696. The molecule has 0 radical (unpaired) electrons. The van der Waals surface area contributed by atoms with Crippen LogP contribution in [0.15, 0.2) is 18.2 Å². The summed E-state index contributed by atoms with van der Waals surface area (Å²) < 4.78 is 11.2. The second-order valence-electron chi connectivity index (χ2n) is 5.15. The minimum absolute atomic E-state index is 0.211. The van der Waals surface area contributed by atoms with Crippen molar-refractivity contribution < 1.29 is 19.4 Å². The highest BCUT2D eigenvalue weighted by Crippen LogP contribution is 2.28. The molecule has 5 heteroatoms. The number of nitrogens with zero attached hydrogens (tertiary/aromatic N) is 1. The summed E-state index contributed by atoms with van der Waals surface area (Å²) in [6.45, 7) is 6.40. The van der Waals surface area contributed by atoms with Crippen LogP contribution in [-0.4, -0.2) is 48.8 Å². The lowest BCUT2D eigenvalue weighted by Crippen LogP contribution is -2.22. The fourth-order valence-corrected chi connectivity index (χ4v) is 2.51. The van der Waals surface area contributed by atoms with E-state index in [1.807, 2.05) is 6.92 Å². The zero-order chi connectivity index (χ0) is 15.1. The van der Waals surface area contributed by atoms with Crippen molar-refractivity contribution >= 4 is 5.97 Å². The number of carbonyl (C=O) groups is 1. The van der Waals surface area contributed by atoms with Gasteiger partial charge in [0.15, 0.2) is 11.5 Å². The van der Waals surface area contributed by atoms with E-state index in [1.165, 1.54) is 32.0 Å². The smallest absolute Gasteiger partial charge is 0.335 e. The summed E-state index contributed by atoms with van der Waals surface area (Å²) in [7, 11) is 0. The summed E-state index contributed by atoms with van der Waals surface area (Å²) in [4.78, 5) is 13.4. The summed E-state index contributed by atoms with van der Waals surface area (Å²) >= 11 is 0. The molecular formula is C16H23NO4. The predicted octanol–water partition coefficient (Wildman–Crippen LogP) is 2.65. The van der Waals surface area contributed by atoms with Crippen molar-refractivity contribution in [3.8, 4) is 11.5 Å². The van der Waals surface area contributed by atoms with Gasteiger partial charge in [0.05, 0.1) is 18.8 Å². The van der Waals surface area contributed by atoms with E-state index < -0.39 is 5.97 Å². The Labute approximate surface area is 125 Å². The van der Waals surface area contributed by atoms with Crippen LogP contribution in [0.2, 0.25) is 0 Å². The molecule has 0 aromatic heterocycles. The molecule has 0 unspecified atom stereocenters. The molecule has 2 rings (SSSR count). The third kappa shape index (κ3) is 4.63. The quantitative estimate of drug-likeness (QED) is 0.747. The number of carboxylic acids is 1. The monoisotopic (exact) mass is 293 g/mol. The highest BCUT2D eigenvalue weighted by molar-refractivity contribution is 5.88. The number of hydrogen-bond acceptors (Lipinski definition) is 4. The zero-order valence-electron chi connectivity index (χ0n) is 12.5. The number of likely N-dealkylation sites (tertiary alicyclic amines) is 1. The molecule has 0 bridgehead atoms. The van der Waals surface area contributed by atoms with Crippen molar-refractivity contribution in [3.63, 3.8) is 0 Å². The van der Waals surface area contributed by atoms with Gasteiger partial charge in [0.1, 0.15) is 0 Å². The maximum atomic E-state index is 11.0. The van der Waals surface area contributed by atoms with Crippen LogP contribution in [0.3, 0.4) is 0 Å². The molecular weight excluding hydrogens is 270 g/mol. The Morgan fingerprint density at radius 1 is 1.24 bits per heavy atom. The molecule has 0 aliphatic carbocycles. The number of ether oxygens (including phenoxy) is 2. The average Bonchev–Trinajstić information content (AvgIpc) is 2.98. The second-order valence-corrected chi connectivity index (χ2v) is 5.15. The third-order valence-corrected chi connectivity index (χ3v) is 3.57. The largest absolute Gasteiger partial charge is 0.490 e. The van der Waals surface area contributed by atoms with Crippen molar-refractivity contribution in [2.24, 2.45) is 0 Å². The Morgan fingerprint density at radius 3 is 2.67 bits per heavy atom. The Balaban J connectivity index is 1.87. The van der Waals surface area contributed by atoms with Gasteiger partial charge in [0.2, 0.25) is 0 Å². The maximum Gasteiger partial charge on any atom is 0.335 e. The van der Waals surface area contributed by atoms with Gasteiger partial charge in [0, 0.05) is 6.54 Å². The fourth-order valence-electron chi connectivity index (χ4n) is 2.51. The molecule has 21 heavy (non-hydrogen) atoms. The van der Waals surface area contributed by atoms with Crippen molar-refractivity contribution in [2.75, 3.05) is 32.8 Å². The highest BCUT2D eigenvalue weighted by atomic mass is 16.5. The van der Waals surface area contributed by atoms with Gasteiger partial charge in [-0.1, -0.05) is 0 Å². The van der Waals surface area contributed by atoms with E-state index in [0.717, 1.165) is 13.0 Å². The first-order valence-electron chi connectivity index (χ1n) is 7.56. The average molecular weight is 293 g/mol. The first kappa shape index (κ1) is 15.6. The van der Waals surface area contributed by atoms with Gasteiger partial charge in [-0.2, -0.15) is 0 Å². The van der Waals surface area contributed by atoms with Crippen molar-refractivity contribution in [2.45, 2.75) is 26.2 Å². The molecule has 1 aromatic carbocycles. The molecule has 0 amide bonds. The van der Waals surface area contributed by atoms with E-state index in [0.29, 0.717) is 24.7 Å². The molecule has 1 aromatic rings. The molecule has 0 saturated carbocycles. The fraction of sp³-hybridized carbons (Fsp3) is 0.562. The van der Waals surface area contributed by atoms with Gasteiger partial charge in [-0.15, -0.1) is 0 Å². The molecule has 1 aliphatic heterocycles. The van der Waals surface area contributed by atoms with Gasteiger partial charge < -0.3 is 19.5 Å². The molecule has 116 valence electrons. The minimum Gasteiger partial charge on any atom is -0.490 e. The number of rotatable bonds is 8. The van der Waals surface area contributed by atoms with Gasteiger partial charge >= 0.3 is 5.97 Å². The Morgan fingerprint density at radius 2 is 2.00 bits per heavy atom. The summed E-state index contributed by atoms with van der Waals surface area (Å²) in [5.41, 5.74) is 0.211.